The van der Waals surface area contributed by atoms with Crippen LogP contribution in [0.15, 0.2) is 30.3 Å². The lowest BCUT2D eigenvalue weighted by Crippen LogP contribution is -2.14. The molecule has 116 valence electrons. The zero-order valence-corrected chi connectivity index (χ0v) is 13.6. The molecule has 0 spiro atoms. The van der Waals surface area contributed by atoms with Crippen LogP contribution in [0.4, 0.5) is 11.5 Å². The average molecular weight is 298 g/mol. The molecule has 0 fully saturated rings. The Morgan fingerprint density at radius 3 is 2.64 bits per heavy atom. The maximum atomic E-state index is 10.7. The van der Waals surface area contributed by atoms with Gasteiger partial charge in [-0.1, -0.05) is 12.1 Å². The summed E-state index contributed by atoms with van der Waals surface area (Å²) in [6, 6.07) is 10.2. The van der Waals surface area contributed by atoms with E-state index in [1.807, 2.05) is 32.2 Å². The first-order chi connectivity index (χ1) is 10.4. The molecule has 0 atom stereocenters. The van der Waals surface area contributed by atoms with Gasteiger partial charge < -0.3 is 10.0 Å². The fraction of sp³-hybridized carbons (Fsp3) is 0.333. The molecule has 0 saturated heterocycles. The summed E-state index contributed by atoms with van der Waals surface area (Å²) in [5.41, 5.74) is 5.47. The van der Waals surface area contributed by atoms with E-state index < -0.39 is 5.97 Å². The summed E-state index contributed by atoms with van der Waals surface area (Å²) < 4.78 is 0. The van der Waals surface area contributed by atoms with Gasteiger partial charge in [-0.2, -0.15) is 0 Å². The fourth-order valence-corrected chi connectivity index (χ4v) is 2.48. The number of carboxylic acids is 1. The number of anilines is 2. The van der Waals surface area contributed by atoms with Gasteiger partial charge in [0, 0.05) is 24.8 Å². The number of aliphatic carboxylic acids is 1. The molecule has 1 N–H and O–H groups in total. The summed E-state index contributed by atoms with van der Waals surface area (Å²) in [5.74, 6) is 0.0434. The molecule has 0 aliphatic heterocycles. The Hall–Kier alpha value is -2.36. The standard InChI is InChI=1S/C18H22N2O2/c1-12-10-15(8-9-18(21)22)19-17(11-12)20(4)16-7-5-6-13(2)14(16)3/h5-7,10-11H,8-9H2,1-4H3,(H,21,22). The van der Waals surface area contributed by atoms with E-state index >= 15 is 0 Å². The van der Waals surface area contributed by atoms with Crippen LogP contribution in [0.5, 0.6) is 0 Å². The number of hydrogen-bond acceptors (Lipinski definition) is 3. The van der Waals surface area contributed by atoms with Crippen molar-refractivity contribution in [2.24, 2.45) is 0 Å². The lowest BCUT2D eigenvalue weighted by molar-refractivity contribution is -0.136. The SMILES string of the molecule is Cc1cc(CCC(=O)O)nc(N(C)c2cccc(C)c2C)c1. The third-order valence-electron chi connectivity index (χ3n) is 3.89. The Labute approximate surface area is 131 Å². The van der Waals surface area contributed by atoms with Gasteiger partial charge in [0.2, 0.25) is 0 Å². The molecule has 0 amide bonds. The number of pyridine rings is 1. The summed E-state index contributed by atoms with van der Waals surface area (Å²) in [5, 5.41) is 8.83. The van der Waals surface area contributed by atoms with E-state index in [2.05, 4.69) is 35.9 Å². The van der Waals surface area contributed by atoms with Crippen molar-refractivity contribution in [1.29, 1.82) is 0 Å². The van der Waals surface area contributed by atoms with Gasteiger partial charge in [0.05, 0.1) is 6.42 Å². The van der Waals surface area contributed by atoms with Gasteiger partial charge in [0.1, 0.15) is 5.82 Å². The van der Waals surface area contributed by atoms with Gasteiger partial charge in [-0.3, -0.25) is 4.79 Å². The summed E-state index contributed by atoms with van der Waals surface area (Å²) in [7, 11) is 1.99. The average Bonchev–Trinajstić information content (AvgIpc) is 2.47. The molecule has 0 unspecified atom stereocenters. The molecule has 4 nitrogen and oxygen atoms in total. The van der Waals surface area contributed by atoms with E-state index in [1.165, 1.54) is 11.1 Å². The molecule has 1 aromatic heterocycles. The third kappa shape index (κ3) is 3.64. The highest BCUT2D eigenvalue weighted by Crippen LogP contribution is 2.28. The van der Waals surface area contributed by atoms with Gasteiger partial charge >= 0.3 is 5.97 Å². The molecular formula is C18H22N2O2. The fourth-order valence-electron chi connectivity index (χ4n) is 2.48. The highest BCUT2D eigenvalue weighted by atomic mass is 16.4. The van der Waals surface area contributed by atoms with Crippen molar-refractivity contribution in [3.05, 3.63) is 52.7 Å². The summed E-state index contributed by atoms with van der Waals surface area (Å²) in [4.78, 5) is 17.4. The minimum atomic E-state index is -0.798. The number of hydrogen-bond donors (Lipinski definition) is 1. The number of aromatic nitrogens is 1. The van der Waals surface area contributed by atoms with Crippen molar-refractivity contribution in [2.75, 3.05) is 11.9 Å². The number of benzene rings is 1. The molecular weight excluding hydrogens is 276 g/mol. The van der Waals surface area contributed by atoms with Gasteiger partial charge in [-0.15, -0.1) is 0 Å². The van der Waals surface area contributed by atoms with E-state index in [0.29, 0.717) is 6.42 Å². The molecule has 4 heteroatoms. The molecule has 0 bridgehead atoms. The van der Waals surface area contributed by atoms with Crippen molar-refractivity contribution in [1.82, 2.24) is 4.98 Å². The van der Waals surface area contributed by atoms with Gasteiger partial charge in [-0.05, 0) is 55.7 Å². The Bertz CT molecular complexity index is 695. The Balaban J connectivity index is 2.35. The monoisotopic (exact) mass is 298 g/mol. The van der Waals surface area contributed by atoms with E-state index in [9.17, 15) is 4.79 Å². The van der Waals surface area contributed by atoms with Crippen LogP contribution in [0.2, 0.25) is 0 Å². The van der Waals surface area contributed by atoms with Crippen LogP contribution >= 0.6 is 0 Å². The van der Waals surface area contributed by atoms with Crippen LogP contribution in [0.3, 0.4) is 0 Å². The predicted octanol–water partition coefficient (Wildman–Crippen LogP) is 3.79. The first-order valence-corrected chi connectivity index (χ1v) is 7.38. The lowest BCUT2D eigenvalue weighted by atomic mass is 10.1. The third-order valence-corrected chi connectivity index (χ3v) is 3.89. The molecule has 22 heavy (non-hydrogen) atoms. The maximum absolute atomic E-state index is 10.7. The highest BCUT2D eigenvalue weighted by molar-refractivity contribution is 5.67. The minimum absolute atomic E-state index is 0.100. The van der Waals surface area contributed by atoms with Crippen LogP contribution in [-0.4, -0.2) is 23.1 Å². The minimum Gasteiger partial charge on any atom is -0.481 e. The maximum Gasteiger partial charge on any atom is 0.303 e. The van der Waals surface area contributed by atoms with Crippen molar-refractivity contribution in [3.8, 4) is 0 Å². The molecule has 0 saturated carbocycles. The van der Waals surface area contributed by atoms with Gasteiger partial charge in [0.25, 0.3) is 0 Å². The summed E-state index contributed by atoms with van der Waals surface area (Å²) >= 11 is 0. The molecule has 1 aromatic carbocycles. The first kappa shape index (κ1) is 16.0. The van der Waals surface area contributed by atoms with Crippen molar-refractivity contribution in [3.63, 3.8) is 0 Å². The normalized spacial score (nSPS) is 10.5. The lowest BCUT2D eigenvalue weighted by Gasteiger charge is -2.22. The predicted molar refractivity (Wildman–Crippen MR) is 88.9 cm³/mol. The zero-order chi connectivity index (χ0) is 16.3. The van der Waals surface area contributed by atoms with Crippen LogP contribution in [0, 0.1) is 20.8 Å². The number of aryl methyl sites for hydroxylation is 3. The molecule has 2 rings (SSSR count). The number of nitrogens with zero attached hydrogens (tertiary/aromatic N) is 2. The molecule has 0 aliphatic carbocycles. The van der Waals surface area contributed by atoms with Crippen LogP contribution in [0.1, 0.15) is 28.8 Å². The number of rotatable bonds is 5. The number of carboxylic acid groups (broad SMARTS) is 1. The van der Waals surface area contributed by atoms with E-state index in [1.54, 1.807) is 0 Å². The Morgan fingerprint density at radius 1 is 1.23 bits per heavy atom. The topological polar surface area (TPSA) is 53.4 Å². The van der Waals surface area contributed by atoms with Crippen molar-refractivity contribution >= 4 is 17.5 Å². The van der Waals surface area contributed by atoms with E-state index in [0.717, 1.165) is 22.8 Å². The molecule has 0 aliphatic rings. The smallest absolute Gasteiger partial charge is 0.303 e. The summed E-state index contributed by atoms with van der Waals surface area (Å²) in [6.07, 6.45) is 0.549. The molecule has 2 aromatic rings. The quantitative estimate of drug-likeness (QED) is 0.912. The van der Waals surface area contributed by atoms with E-state index in [4.69, 9.17) is 5.11 Å². The van der Waals surface area contributed by atoms with Crippen molar-refractivity contribution in [2.45, 2.75) is 33.6 Å². The van der Waals surface area contributed by atoms with Crippen LogP contribution in [0.25, 0.3) is 0 Å². The summed E-state index contributed by atoms with van der Waals surface area (Å²) in [6.45, 7) is 6.20. The zero-order valence-electron chi connectivity index (χ0n) is 13.6. The second-order valence-corrected chi connectivity index (χ2v) is 5.67. The molecule has 1 heterocycles. The van der Waals surface area contributed by atoms with Crippen LogP contribution < -0.4 is 4.90 Å². The van der Waals surface area contributed by atoms with Crippen LogP contribution in [-0.2, 0) is 11.2 Å². The van der Waals surface area contributed by atoms with Crippen molar-refractivity contribution < 1.29 is 9.90 Å². The first-order valence-electron chi connectivity index (χ1n) is 7.38. The van der Waals surface area contributed by atoms with Gasteiger partial charge in [-0.25, -0.2) is 4.98 Å². The molecule has 0 radical (unpaired) electrons. The van der Waals surface area contributed by atoms with Gasteiger partial charge in [0.15, 0.2) is 0 Å². The van der Waals surface area contributed by atoms with E-state index in [-0.39, 0.29) is 6.42 Å². The highest BCUT2D eigenvalue weighted by Gasteiger charge is 2.11. The Kier molecular flexibility index (Phi) is 4.81. The number of carbonyl (C=O) groups is 1. The second-order valence-electron chi connectivity index (χ2n) is 5.67. The Morgan fingerprint density at radius 2 is 1.95 bits per heavy atom. The second kappa shape index (κ2) is 6.60. The largest absolute Gasteiger partial charge is 0.481 e.